The first kappa shape index (κ1) is 19.5. The standard InChI is InChI=1S/C23H16F2N2O3/c1-13-21-17(20(28)6-9-29-21)11-19(25)22(13)30-23(14-4-7-27-8-5-14)15-2-3-16(12-26)18(24)10-15/h2-5,7-8,10-11,23H,6,9H2,1H3. The number of benzene rings is 2. The second kappa shape index (κ2) is 7.91. The van der Waals surface area contributed by atoms with Crippen molar-refractivity contribution >= 4 is 5.78 Å². The number of Topliss-reactive ketones (excluding diaryl/α,β-unsaturated/α-hetero) is 1. The van der Waals surface area contributed by atoms with Gasteiger partial charge in [-0.3, -0.25) is 9.78 Å². The van der Waals surface area contributed by atoms with Crippen molar-refractivity contribution in [1.29, 1.82) is 5.26 Å². The number of halogens is 2. The van der Waals surface area contributed by atoms with E-state index in [1.54, 1.807) is 43.6 Å². The lowest BCUT2D eigenvalue weighted by molar-refractivity contribution is 0.0931. The number of carbonyl (C=O) groups excluding carboxylic acids is 1. The van der Waals surface area contributed by atoms with Gasteiger partial charge in [0.15, 0.2) is 17.3 Å². The molecule has 4 rings (SSSR count). The lowest BCUT2D eigenvalue weighted by Crippen LogP contribution is -2.18. The number of fused-ring (bicyclic) bond motifs is 1. The fourth-order valence-corrected chi connectivity index (χ4v) is 3.43. The van der Waals surface area contributed by atoms with E-state index in [0.29, 0.717) is 22.4 Å². The molecule has 0 bridgehead atoms. The Labute approximate surface area is 171 Å². The molecule has 30 heavy (non-hydrogen) atoms. The summed E-state index contributed by atoms with van der Waals surface area (Å²) < 4.78 is 40.8. The van der Waals surface area contributed by atoms with Gasteiger partial charge in [-0.2, -0.15) is 5.26 Å². The van der Waals surface area contributed by atoms with Gasteiger partial charge in [-0.25, -0.2) is 8.78 Å². The zero-order valence-corrected chi connectivity index (χ0v) is 16.0. The molecule has 5 nitrogen and oxygen atoms in total. The van der Waals surface area contributed by atoms with Gasteiger partial charge in [-0.15, -0.1) is 0 Å². The smallest absolute Gasteiger partial charge is 0.170 e. The van der Waals surface area contributed by atoms with Gasteiger partial charge in [0.2, 0.25) is 0 Å². The largest absolute Gasteiger partial charge is 0.492 e. The van der Waals surface area contributed by atoms with Crippen molar-refractivity contribution in [2.24, 2.45) is 0 Å². The molecule has 1 atom stereocenters. The van der Waals surface area contributed by atoms with E-state index >= 15 is 0 Å². The minimum atomic E-state index is -0.874. The zero-order valence-electron chi connectivity index (χ0n) is 16.0. The second-order valence-electron chi connectivity index (χ2n) is 6.84. The predicted octanol–water partition coefficient (Wildman–Crippen LogP) is 4.67. The van der Waals surface area contributed by atoms with E-state index in [1.165, 1.54) is 12.1 Å². The molecule has 0 radical (unpaired) electrons. The van der Waals surface area contributed by atoms with Crippen LogP contribution in [0.5, 0.6) is 11.5 Å². The predicted molar refractivity (Wildman–Crippen MR) is 103 cm³/mol. The molecule has 2 heterocycles. The Hall–Kier alpha value is -3.79. The van der Waals surface area contributed by atoms with E-state index in [0.717, 1.165) is 6.07 Å². The van der Waals surface area contributed by atoms with E-state index in [2.05, 4.69) is 4.98 Å². The Morgan fingerprint density at radius 3 is 2.60 bits per heavy atom. The van der Waals surface area contributed by atoms with Gasteiger partial charge in [0.05, 0.1) is 17.7 Å². The zero-order chi connectivity index (χ0) is 21.3. The van der Waals surface area contributed by atoms with Gasteiger partial charge in [-0.1, -0.05) is 6.07 Å². The van der Waals surface area contributed by atoms with Gasteiger partial charge in [0, 0.05) is 24.4 Å². The summed E-state index contributed by atoms with van der Waals surface area (Å²) in [6.45, 7) is 1.82. The van der Waals surface area contributed by atoms with Crippen molar-refractivity contribution in [2.75, 3.05) is 6.61 Å². The van der Waals surface area contributed by atoms with Crippen LogP contribution in [0.25, 0.3) is 0 Å². The third-order valence-electron chi connectivity index (χ3n) is 4.95. The molecular formula is C23H16F2N2O3. The van der Waals surface area contributed by atoms with Crippen molar-refractivity contribution in [3.8, 4) is 17.6 Å². The summed E-state index contributed by atoms with van der Waals surface area (Å²) in [6.07, 6.45) is 2.41. The molecule has 1 unspecified atom stereocenters. The lowest BCUT2D eigenvalue weighted by Gasteiger charge is -2.25. The molecule has 0 amide bonds. The average Bonchev–Trinajstić information content (AvgIpc) is 2.75. The summed E-state index contributed by atoms with van der Waals surface area (Å²) >= 11 is 0. The number of hydrogen-bond donors (Lipinski definition) is 0. The first-order valence-electron chi connectivity index (χ1n) is 9.25. The van der Waals surface area contributed by atoms with Gasteiger partial charge in [0.25, 0.3) is 0 Å². The van der Waals surface area contributed by atoms with Crippen molar-refractivity contribution in [2.45, 2.75) is 19.4 Å². The van der Waals surface area contributed by atoms with Crippen LogP contribution in [0.4, 0.5) is 8.78 Å². The second-order valence-corrected chi connectivity index (χ2v) is 6.84. The molecular weight excluding hydrogens is 390 g/mol. The number of pyridine rings is 1. The van der Waals surface area contributed by atoms with Crippen LogP contribution in [0.3, 0.4) is 0 Å². The van der Waals surface area contributed by atoms with Crippen molar-refractivity contribution in [3.05, 3.63) is 88.2 Å². The molecule has 3 aromatic rings. The number of nitrogens with zero attached hydrogens (tertiary/aromatic N) is 2. The maximum Gasteiger partial charge on any atom is 0.170 e. The van der Waals surface area contributed by atoms with E-state index < -0.39 is 17.7 Å². The highest BCUT2D eigenvalue weighted by molar-refractivity contribution is 6.00. The van der Waals surface area contributed by atoms with Crippen LogP contribution in [0, 0.1) is 29.9 Å². The number of ketones is 1. The number of nitriles is 1. The molecule has 0 N–H and O–H groups in total. The first-order valence-corrected chi connectivity index (χ1v) is 9.25. The molecule has 1 aliphatic rings. The number of carbonyl (C=O) groups is 1. The molecule has 1 aliphatic heterocycles. The monoisotopic (exact) mass is 406 g/mol. The fraction of sp³-hybridized carbons (Fsp3) is 0.174. The molecule has 0 fully saturated rings. The Bertz CT molecular complexity index is 1170. The molecule has 1 aromatic heterocycles. The third kappa shape index (κ3) is 3.48. The van der Waals surface area contributed by atoms with Crippen molar-refractivity contribution in [3.63, 3.8) is 0 Å². The quantitative estimate of drug-likeness (QED) is 0.629. The minimum absolute atomic E-state index is 0.0879. The number of hydrogen-bond acceptors (Lipinski definition) is 5. The highest BCUT2D eigenvalue weighted by Crippen LogP contribution is 2.40. The summed E-state index contributed by atoms with van der Waals surface area (Å²) in [5.74, 6) is -1.39. The fourth-order valence-electron chi connectivity index (χ4n) is 3.43. The van der Waals surface area contributed by atoms with Crippen LogP contribution >= 0.6 is 0 Å². The lowest BCUT2D eigenvalue weighted by atomic mass is 9.99. The maximum atomic E-state index is 14.9. The average molecular weight is 406 g/mol. The number of rotatable bonds is 4. The van der Waals surface area contributed by atoms with E-state index in [1.807, 2.05) is 0 Å². The Morgan fingerprint density at radius 2 is 1.90 bits per heavy atom. The molecule has 7 heteroatoms. The van der Waals surface area contributed by atoms with Crippen LogP contribution in [-0.2, 0) is 0 Å². The molecule has 0 saturated carbocycles. The van der Waals surface area contributed by atoms with E-state index in [4.69, 9.17) is 14.7 Å². The minimum Gasteiger partial charge on any atom is -0.492 e. The van der Waals surface area contributed by atoms with Gasteiger partial charge in [-0.05, 0) is 48.4 Å². The van der Waals surface area contributed by atoms with Crippen molar-refractivity contribution in [1.82, 2.24) is 4.98 Å². The van der Waals surface area contributed by atoms with Crippen LogP contribution < -0.4 is 9.47 Å². The molecule has 2 aromatic carbocycles. The number of aromatic nitrogens is 1. The topological polar surface area (TPSA) is 72.2 Å². The molecule has 150 valence electrons. The SMILES string of the molecule is Cc1c(OC(c2ccncc2)c2ccc(C#N)c(F)c2)c(F)cc2c1OCCC2=O. The Balaban J connectivity index is 1.82. The molecule has 0 aliphatic carbocycles. The van der Waals surface area contributed by atoms with Gasteiger partial charge in [0.1, 0.15) is 23.7 Å². The summed E-state index contributed by atoms with van der Waals surface area (Å²) in [7, 11) is 0. The van der Waals surface area contributed by atoms with Crippen LogP contribution in [0.2, 0.25) is 0 Å². The summed E-state index contributed by atoms with van der Waals surface area (Å²) in [5.41, 5.74) is 1.45. The normalized spacial score (nSPS) is 13.7. The Morgan fingerprint density at radius 1 is 1.13 bits per heavy atom. The first-order chi connectivity index (χ1) is 14.5. The van der Waals surface area contributed by atoms with Crippen LogP contribution in [0.15, 0.2) is 48.8 Å². The summed E-state index contributed by atoms with van der Waals surface area (Å²) in [6, 6.07) is 10.3. The van der Waals surface area contributed by atoms with Crippen LogP contribution in [0.1, 0.15) is 45.1 Å². The summed E-state index contributed by atoms with van der Waals surface area (Å²) in [5, 5.41) is 8.99. The summed E-state index contributed by atoms with van der Waals surface area (Å²) in [4.78, 5) is 16.1. The highest BCUT2D eigenvalue weighted by atomic mass is 19.1. The van der Waals surface area contributed by atoms with Gasteiger partial charge < -0.3 is 9.47 Å². The highest BCUT2D eigenvalue weighted by Gasteiger charge is 2.28. The van der Waals surface area contributed by atoms with E-state index in [-0.39, 0.29) is 35.7 Å². The maximum absolute atomic E-state index is 14.9. The van der Waals surface area contributed by atoms with Crippen LogP contribution in [-0.4, -0.2) is 17.4 Å². The van der Waals surface area contributed by atoms with Crippen molar-refractivity contribution < 1.29 is 23.0 Å². The molecule has 0 spiro atoms. The van der Waals surface area contributed by atoms with E-state index in [9.17, 15) is 13.6 Å². The number of ether oxygens (including phenoxy) is 2. The molecule has 0 saturated heterocycles. The third-order valence-corrected chi connectivity index (χ3v) is 4.95. The van der Waals surface area contributed by atoms with Gasteiger partial charge >= 0.3 is 0 Å². The Kier molecular flexibility index (Phi) is 5.15.